The lowest BCUT2D eigenvalue weighted by Gasteiger charge is -2.44. The van der Waals surface area contributed by atoms with Crippen molar-refractivity contribution in [2.45, 2.75) is 38.0 Å². The standard InChI is InChI=1S/C16H19Cl2N5O3/c1-9-11(17)12(18)13(21-9)14(24)22-10-4-2-3-7-23(10)16(15(25)26)5-6-19-8-20-16/h5-6,8,10,21H,2-4,7H2,1H3,(H,19,20)(H,22,24)(H,25,26). The van der Waals surface area contributed by atoms with E-state index in [-0.39, 0.29) is 10.7 Å². The van der Waals surface area contributed by atoms with Crippen molar-refractivity contribution in [1.29, 1.82) is 0 Å². The molecule has 1 saturated heterocycles. The van der Waals surface area contributed by atoms with Crippen molar-refractivity contribution in [3.63, 3.8) is 0 Å². The fraction of sp³-hybridized carbons (Fsp3) is 0.438. The summed E-state index contributed by atoms with van der Waals surface area (Å²) < 4.78 is 0. The number of rotatable bonds is 4. The van der Waals surface area contributed by atoms with Crippen molar-refractivity contribution in [3.05, 3.63) is 33.7 Å². The third kappa shape index (κ3) is 3.20. The molecule has 2 aliphatic heterocycles. The third-order valence-corrected chi connectivity index (χ3v) is 5.53. The second-order valence-corrected chi connectivity index (χ2v) is 6.98. The van der Waals surface area contributed by atoms with Gasteiger partial charge in [-0.15, -0.1) is 0 Å². The number of carboxylic acid groups (broad SMARTS) is 1. The first kappa shape index (κ1) is 18.8. The number of piperidine rings is 1. The van der Waals surface area contributed by atoms with Crippen LogP contribution in [-0.4, -0.2) is 51.6 Å². The number of amides is 1. The maximum atomic E-state index is 12.7. The normalized spacial score (nSPS) is 25.7. The van der Waals surface area contributed by atoms with Gasteiger partial charge in [-0.05, 0) is 32.3 Å². The Labute approximate surface area is 160 Å². The number of aliphatic carboxylic acids is 1. The van der Waals surface area contributed by atoms with E-state index in [1.54, 1.807) is 11.8 Å². The summed E-state index contributed by atoms with van der Waals surface area (Å²) in [7, 11) is 0. The van der Waals surface area contributed by atoms with Crippen molar-refractivity contribution in [1.82, 2.24) is 20.5 Å². The molecular weight excluding hydrogens is 381 g/mol. The van der Waals surface area contributed by atoms with Crippen LogP contribution in [0.2, 0.25) is 10.0 Å². The fourth-order valence-electron chi connectivity index (χ4n) is 3.25. The molecule has 8 nitrogen and oxygen atoms in total. The molecule has 2 unspecified atom stereocenters. The highest BCUT2D eigenvalue weighted by Gasteiger charge is 2.47. The van der Waals surface area contributed by atoms with Gasteiger partial charge in [0.1, 0.15) is 5.69 Å². The molecule has 140 valence electrons. The number of carbonyl (C=O) groups excluding carboxylic acids is 1. The minimum Gasteiger partial charge on any atom is -0.478 e. The summed E-state index contributed by atoms with van der Waals surface area (Å²) in [5.41, 5.74) is -0.805. The summed E-state index contributed by atoms with van der Waals surface area (Å²) in [6.07, 6.45) is 6.11. The van der Waals surface area contributed by atoms with E-state index < -0.39 is 23.7 Å². The maximum Gasteiger partial charge on any atom is 0.351 e. The van der Waals surface area contributed by atoms with Crippen molar-refractivity contribution in [2.75, 3.05) is 6.54 Å². The van der Waals surface area contributed by atoms with Gasteiger partial charge in [-0.2, -0.15) is 0 Å². The van der Waals surface area contributed by atoms with Gasteiger partial charge in [-0.3, -0.25) is 4.79 Å². The predicted molar refractivity (Wildman–Crippen MR) is 98.5 cm³/mol. The van der Waals surface area contributed by atoms with Crippen molar-refractivity contribution >= 4 is 41.4 Å². The first-order valence-electron chi connectivity index (χ1n) is 8.19. The lowest BCUT2D eigenvalue weighted by Crippen LogP contribution is -2.63. The molecule has 0 saturated carbocycles. The van der Waals surface area contributed by atoms with E-state index in [2.05, 4.69) is 20.6 Å². The number of aromatic nitrogens is 1. The van der Waals surface area contributed by atoms with Crippen LogP contribution in [-0.2, 0) is 4.79 Å². The SMILES string of the molecule is Cc1[nH]c(C(=O)NC2CCCCN2C2(C(=O)O)C=CNC=N2)c(Cl)c1Cl. The molecule has 3 rings (SSSR count). The zero-order valence-corrected chi connectivity index (χ0v) is 15.6. The first-order valence-corrected chi connectivity index (χ1v) is 8.94. The highest BCUT2D eigenvalue weighted by Crippen LogP contribution is 2.31. The Hall–Kier alpha value is -2.03. The van der Waals surface area contributed by atoms with Crippen LogP contribution in [0.5, 0.6) is 0 Å². The molecule has 0 aromatic carbocycles. The minimum atomic E-state index is -1.56. The Morgan fingerprint density at radius 1 is 1.38 bits per heavy atom. The number of hydrogen-bond acceptors (Lipinski definition) is 5. The second-order valence-electron chi connectivity index (χ2n) is 6.22. The van der Waals surface area contributed by atoms with Crippen LogP contribution >= 0.6 is 23.2 Å². The number of H-pyrrole nitrogens is 1. The van der Waals surface area contributed by atoms with Crippen LogP contribution in [0.15, 0.2) is 17.3 Å². The van der Waals surface area contributed by atoms with E-state index >= 15 is 0 Å². The molecule has 4 N–H and O–H groups in total. The van der Waals surface area contributed by atoms with Gasteiger partial charge in [0.2, 0.25) is 5.66 Å². The number of nitrogens with zero attached hydrogens (tertiary/aromatic N) is 2. The summed E-state index contributed by atoms with van der Waals surface area (Å²) in [4.78, 5) is 33.3. The molecule has 1 aromatic rings. The lowest BCUT2D eigenvalue weighted by atomic mass is 10.00. The predicted octanol–water partition coefficient (Wildman–Crippen LogP) is 2.10. The Bertz CT molecular complexity index is 777. The largest absolute Gasteiger partial charge is 0.478 e. The van der Waals surface area contributed by atoms with E-state index in [4.69, 9.17) is 23.2 Å². The smallest absolute Gasteiger partial charge is 0.351 e. The van der Waals surface area contributed by atoms with Gasteiger partial charge in [0.05, 0.1) is 22.5 Å². The topological polar surface area (TPSA) is 110 Å². The molecule has 26 heavy (non-hydrogen) atoms. The monoisotopic (exact) mass is 399 g/mol. The van der Waals surface area contributed by atoms with E-state index in [9.17, 15) is 14.7 Å². The lowest BCUT2D eigenvalue weighted by molar-refractivity contribution is -0.150. The van der Waals surface area contributed by atoms with Gasteiger partial charge in [0.25, 0.3) is 5.91 Å². The van der Waals surface area contributed by atoms with Crippen LogP contribution in [0.25, 0.3) is 0 Å². The molecule has 2 atom stereocenters. The Kier molecular flexibility index (Phi) is 5.27. The number of halogens is 2. The van der Waals surface area contributed by atoms with Crippen molar-refractivity contribution in [2.24, 2.45) is 4.99 Å². The summed E-state index contributed by atoms with van der Waals surface area (Å²) in [6.45, 7) is 2.20. The number of likely N-dealkylation sites (tertiary alicyclic amines) is 1. The van der Waals surface area contributed by atoms with Gasteiger partial charge in [-0.25, -0.2) is 14.7 Å². The van der Waals surface area contributed by atoms with Gasteiger partial charge >= 0.3 is 5.97 Å². The molecule has 1 fully saturated rings. The fourth-order valence-corrected chi connectivity index (χ4v) is 3.66. The molecule has 3 heterocycles. The number of carbonyl (C=O) groups is 2. The van der Waals surface area contributed by atoms with Crippen LogP contribution in [0.3, 0.4) is 0 Å². The molecule has 1 aromatic heterocycles. The highest BCUT2D eigenvalue weighted by atomic mass is 35.5. The summed E-state index contributed by atoms with van der Waals surface area (Å²) >= 11 is 12.1. The van der Waals surface area contributed by atoms with Crippen LogP contribution in [0.1, 0.15) is 35.4 Å². The van der Waals surface area contributed by atoms with Gasteiger partial charge in [0, 0.05) is 18.4 Å². The molecule has 10 heteroatoms. The van der Waals surface area contributed by atoms with Crippen LogP contribution in [0, 0.1) is 6.92 Å². The molecule has 0 radical (unpaired) electrons. The quantitative estimate of drug-likeness (QED) is 0.619. The van der Waals surface area contributed by atoms with E-state index in [0.29, 0.717) is 23.7 Å². The highest BCUT2D eigenvalue weighted by molar-refractivity contribution is 6.44. The number of aryl methyl sites for hydroxylation is 1. The van der Waals surface area contributed by atoms with Gasteiger partial charge in [-0.1, -0.05) is 23.2 Å². The minimum absolute atomic E-state index is 0.150. The van der Waals surface area contributed by atoms with Gasteiger partial charge < -0.3 is 20.7 Å². The maximum absolute atomic E-state index is 12.7. The second kappa shape index (κ2) is 7.30. The molecule has 1 amide bonds. The summed E-state index contributed by atoms with van der Waals surface area (Å²) in [5, 5.41) is 15.9. The molecule has 0 spiro atoms. The van der Waals surface area contributed by atoms with Crippen LogP contribution < -0.4 is 10.6 Å². The average Bonchev–Trinajstić information content (AvgIpc) is 2.90. The number of aromatic amines is 1. The average molecular weight is 400 g/mol. The van der Waals surface area contributed by atoms with E-state index in [0.717, 1.165) is 12.8 Å². The molecule has 0 bridgehead atoms. The number of carboxylic acids is 1. The first-order chi connectivity index (χ1) is 12.4. The zero-order valence-electron chi connectivity index (χ0n) is 14.1. The van der Waals surface area contributed by atoms with Crippen molar-refractivity contribution in [3.8, 4) is 0 Å². The number of nitrogens with one attached hydrogen (secondary N) is 3. The van der Waals surface area contributed by atoms with Crippen molar-refractivity contribution < 1.29 is 14.7 Å². The Morgan fingerprint density at radius 2 is 2.15 bits per heavy atom. The van der Waals surface area contributed by atoms with Crippen LogP contribution in [0.4, 0.5) is 0 Å². The zero-order chi connectivity index (χ0) is 18.9. The summed E-state index contributed by atoms with van der Waals surface area (Å²) in [6, 6.07) is 0. The van der Waals surface area contributed by atoms with E-state index in [1.165, 1.54) is 18.6 Å². The molecule has 0 aliphatic carbocycles. The van der Waals surface area contributed by atoms with Gasteiger partial charge in [0.15, 0.2) is 0 Å². The Balaban J connectivity index is 1.87. The van der Waals surface area contributed by atoms with E-state index in [1.807, 2.05) is 0 Å². The molecule has 2 aliphatic rings. The molecular formula is C16H19Cl2N5O3. The number of aliphatic imine (C=N–C) groups is 1. The Morgan fingerprint density at radius 3 is 2.73 bits per heavy atom. The summed E-state index contributed by atoms with van der Waals surface area (Å²) in [5.74, 6) is -1.55. The number of hydrogen-bond donors (Lipinski definition) is 4. The third-order valence-electron chi connectivity index (χ3n) is 4.58.